The lowest BCUT2D eigenvalue weighted by Crippen LogP contribution is -2.49. The number of hydrogen-bond donors (Lipinski definition) is 3. The Bertz CT molecular complexity index is 283. The fraction of sp³-hybridized carbons (Fsp3) is 0.500. The summed E-state index contributed by atoms with van der Waals surface area (Å²) in [4.78, 5) is 0. The van der Waals surface area contributed by atoms with Gasteiger partial charge in [0.15, 0.2) is 0 Å². The van der Waals surface area contributed by atoms with Crippen LogP contribution in [-0.2, 0) is 0 Å². The highest BCUT2D eigenvalue weighted by atomic mass is 16.3. The summed E-state index contributed by atoms with van der Waals surface area (Å²) in [6.07, 6.45) is 0. The lowest BCUT2D eigenvalue weighted by atomic mass is 10.0. The molecule has 1 aromatic carbocycles. The molecule has 0 heterocycles. The first kappa shape index (κ1) is 12.2. The Labute approximate surface area is 90.8 Å². The zero-order valence-electron chi connectivity index (χ0n) is 9.27. The van der Waals surface area contributed by atoms with Crippen molar-refractivity contribution in [3.05, 3.63) is 35.9 Å². The van der Waals surface area contributed by atoms with E-state index in [0.717, 1.165) is 5.56 Å². The highest BCUT2D eigenvalue weighted by Gasteiger charge is 2.24. The highest BCUT2D eigenvalue weighted by Crippen LogP contribution is 2.15. The fourth-order valence-corrected chi connectivity index (χ4v) is 1.49. The smallest absolute Gasteiger partial charge is 0.0633 e. The van der Waals surface area contributed by atoms with Gasteiger partial charge >= 0.3 is 0 Å². The third-order valence-electron chi connectivity index (χ3n) is 2.56. The predicted octanol–water partition coefficient (Wildman–Crippen LogP) is 1.08. The van der Waals surface area contributed by atoms with Gasteiger partial charge in [-0.3, -0.25) is 0 Å². The third-order valence-corrected chi connectivity index (χ3v) is 2.56. The van der Waals surface area contributed by atoms with Crippen molar-refractivity contribution in [2.45, 2.75) is 25.4 Å². The Morgan fingerprint density at radius 1 is 1.20 bits per heavy atom. The van der Waals surface area contributed by atoms with Crippen molar-refractivity contribution in [2.75, 3.05) is 13.2 Å². The van der Waals surface area contributed by atoms with Crippen LogP contribution in [0.25, 0.3) is 0 Å². The minimum absolute atomic E-state index is 0.0827. The average molecular weight is 209 g/mol. The number of nitrogens with one attached hydrogen (secondary N) is 1. The standard InChI is InChI=1S/C12H19NO2/c1-10(11-6-4-3-5-7-11)13-12(2,8-14)9-15/h3-7,10,13-15H,8-9H2,1-2H3. The number of aliphatic hydroxyl groups excluding tert-OH is 2. The topological polar surface area (TPSA) is 52.5 Å². The zero-order valence-corrected chi connectivity index (χ0v) is 9.27. The summed E-state index contributed by atoms with van der Waals surface area (Å²) < 4.78 is 0. The Morgan fingerprint density at radius 2 is 1.73 bits per heavy atom. The van der Waals surface area contributed by atoms with Crippen molar-refractivity contribution in [1.29, 1.82) is 0 Å². The minimum Gasteiger partial charge on any atom is -0.394 e. The fourth-order valence-electron chi connectivity index (χ4n) is 1.49. The van der Waals surface area contributed by atoms with E-state index in [-0.39, 0.29) is 19.3 Å². The van der Waals surface area contributed by atoms with Crippen molar-refractivity contribution < 1.29 is 10.2 Å². The molecule has 3 heteroatoms. The van der Waals surface area contributed by atoms with Crippen LogP contribution in [0.4, 0.5) is 0 Å². The van der Waals surface area contributed by atoms with Crippen molar-refractivity contribution >= 4 is 0 Å². The van der Waals surface area contributed by atoms with Crippen LogP contribution >= 0.6 is 0 Å². The van der Waals surface area contributed by atoms with Crippen LogP contribution in [0, 0.1) is 0 Å². The minimum atomic E-state index is -0.630. The van der Waals surface area contributed by atoms with Crippen LogP contribution in [0.2, 0.25) is 0 Å². The molecule has 0 saturated heterocycles. The normalized spacial score (nSPS) is 13.9. The number of hydrogen-bond acceptors (Lipinski definition) is 3. The Kier molecular flexibility index (Phi) is 4.27. The maximum Gasteiger partial charge on any atom is 0.0633 e. The van der Waals surface area contributed by atoms with Crippen molar-refractivity contribution in [1.82, 2.24) is 5.32 Å². The van der Waals surface area contributed by atoms with Crippen LogP contribution in [0.1, 0.15) is 25.5 Å². The van der Waals surface area contributed by atoms with Gasteiger partial charge in [0, 0.05) is 6.04 Å². The molecule has 3 nitrogen and oxygen atoms in total. The maximum absolute atomic E-state index is 9.16. The predicted molar refractivity (Wildman–Crippen MR) is 60.6 cm³/mol. The molecule has 3 N–H and O–H groups in total. The molecular formula is C12H19NO2. The molecule has 0 spiro atoms. The van der Waals surface area contributed by atoms with E-state index in [4.69, 9.17) is 10.2 Å². The largest absolute Gasteiger partial charge is 0.394 e. The Hall–Kier alpha value is -0.900. The van der Waals surface area contributed by atoms with Gasteiger partial charge in [0.1, 0.15) is 0 Å². The molecule has 0 saturated carbocycles. The van der Waals surface area contributed by atoms with Gasteiger partial charge in [0.2, 0.25) is 0 Å². The van der Waals surface area contributed by atoms with Gasteiger partial charge in [-0.2, -0.15) is 0 Å². The van der Waals surface area contributed by atoms with E-state index in [2.05, 4.69) is 5.32 Å². The van der Waals surface area contributed by atoms with Gasteiger partial charge in [-0.25, -0.2) is 0 Å². The summed E-state index contributed by atoms with van der Waals surface area (Å²) in [5.41, 5.74) is 0.514. The summed E-state index contributed by atoms with van der Waals surface area (Å²) in [5, 5.41) is 21.5. The summed E-state index contributed by atoms with van der Waals surface area (Å²) in [5.74, 6) is 0. The van der Waals surface area contributed by atoms with Crippen molar-refractivity contribution in [3.8, 4) is 0 Å². The molecule has 1 aromatic rings. The first-order valence-electron chi connectivity index (χ1n) is 5.15. The molecule has 0 radical (unpaired) electrons. The Balaban J connectivity index is 2.67. The molecule has 0 aliphatic carbocycles. The van der Waals surface area contributed by atoms with E-state index < -0.39 is 5.54 Å². The molecule has 15 heavy (non-hydrogen) atoms. The van der Waals surface area contributed by atoms with Gasteiger partial charge in [-0.05, 0) is 19.4 Å². The quantitative estimate of drug-likeness (QED) is 0.680. The zero-order chi connectivity index (χ0) is 11.3. The van der Waals surface area contributed by atoms with Crippen LogP contribution < -0.4 is 5.32 Å². The molecule has 1 unspecified atom stereocenters. The lowest BCUT2D eigenvalue weighted by molar-refractivity contribution is 0.0957. The van der Waals surface area contributed by atoms with Gasteiger partial charge < -0.3 is 15.5 Å². The van der Waals surface area contributed by atoms with E-state index in [9.17, 15) is 0 Å². The third kappa shape index (κ3) is 3.30. The van der Waals surface area contributed by atoms with Crippen LogP contribution in [-0.4, -0.2) is 29.0 Å². The number of benzene rings is 1. The highest BCUT2D eigenvalue weighted by molar-refractivity contribution is 5.18. The second-order valence-electron chi connectivity index (χ2n) is 4.15. The second-order valence-corrected chi connectivity index (χ2v) is 4.15. The molecule has 0 aliphatic heterocycles. The van der Waals surface area contributed by atoms with E-state index in [1.807, 2.05) is 37.3 Å². The number of rotatable bonds is 5. The second kappa shape index (κ2) is 5.26. The number of aliphatic hydroxyl groups is 2. The van der Waals surface area contributed by atoms with E-state index >= 15 is 0 Å². The first-order valence-corrected chi connectivity index (χ1v) is 5.15. The average Bonchev–Trinajstić information content (AvgIpc) is 2.30. The summed E-state index contributed by atoms with van der Waals surface area (Å²) in [6.45, 7) is 3.65. The van der Waals surface area contributed by atoms with Gasteiger partial charge in [0.25, 0.3) is 0 Å². The molecule has 0 aliphatic rings. The van der Waals surface area contributed by atoms with Crippen LogP contribution in [0.5, 0.6) is 0 Å². The van der Waals surface area contributed by atoms with E-state index in [1.54, 1.807) is 6.92 Å². The van der Waals surface area contributed by atoms with Gasteiger partial charge in [-0.1, -0.05) is 30.3 Å². The SMILES string of the molecule is CC(NC(C)(CO)CO)c1ccccc1. The molecule has 1 rings (SSSR count). The molecule has 0 bridgehead atoms. The molecule has 0 fully saturated rings. The summed E-state index contributed by atoms with van der Waals surface area (Å²) in [6, 6.07) is 10.1. The maximum atomic E-state index is 9.16. The van der Waals surface area contributed by atoms with Crippen molar-refractivity contribution in [3.63, 3.8) is 0 Å². The molecule has 0 aromatic heterocycles. The van der Waals surface area contributed by atoms with Crippen molar-refractivity contribution in [2.24, 2.45) is 0 Å². The monoisotopic (exact) mass is 209 g/mol. The summed E-state index contributed by atoms with van der Waals surface area (Å²) >= 11 is 0. The first-order chi connectivity index (χ1) is 7.11. The molecule has 0 amide bonds. The van der Waals surface area contributed by atoms with E-state index in [0.29, 0.717) is 0 Å². The Morgan fingerprint density at radius 3 is 2.20 bits per heavy atom. The van der Waals surface area contributed by atoms with E-state index in [1.165, 1.54) is 0 Å². The van der Waals surface area contributed by atoms with Gasteiger partial charge in [0.05, 0.1) is 18.8 Å². The summed E-state index contributed by atoms with van der Waals surface area (Å²) in [7, 11) is 0. The lowest BCUT2D eigenvalue weighted by Gasteiger charge is -2.30. The van der Waals surface area contributed by atoms with Crippen LogP contribution in [0.3, 0.4) is 0 Å². The van der Waals surface area contributed by atoms with Crippen LogP contribution in [0.15, 0.2) is 30.3 Å². The molecular weight excluding hydrogens is 190 g/mol. The van der Waals surface area contributed by atoms with Gasteiger partial charge in [-0.15, -0.1) is 0 Å². The molecule has 84 valence electrons. The molecule has 1 atom stereocenters.